The van der Waals surface area contributed by atoms with E-state index in [1.807, 2.05) is 0 Å². The van der Waals surface area contributed by atoms with Crippen LogP contribution in [-0.4, -0.2) is 12.5 Å². The summed E-state index contributed by atoms with van der Waals surface area (Å²) in [6, 6.07) is 6.66. The van der Waals surface area contributed by atoms with Gasteiger partial charge >= 0.3 is 0 Å². The number of fused-ring (bicyclic) bond motifs is 1. The maximum absolute atomic E-state index is 13.1. The highest BCUT2D eigenvalue weighted by Gasteiger charge is 2.20. The molecule has 0 fully saturated rings. The Bertz CT molecular complexity index is 838. The van der Waals surface area contributed by atoms with Crippen LogP contribution in [0.5, 0.6) is 0 Å². The second kappa shape index (κ2) is 7.66. The molecule has 1 aromatic heterocycles. The number of aryl methyl sites for hydroxylation is 2. The number of benzene rings is 1. The number of halogens is 1. The Morgan fingerprint density at radius 2 is 2.12 bits per heavy atom. The highest BCUT2D eigenvalue weighted by atomic mass is 32.1. The summed E-state index contributed by atoms with van der Waals surface area (Å²) < 4.78 is 13.1. The molecule has 1 aliphatic rings. The smallest absolute Gasteiger partial charge is 0.244 e. The third kappa shape index (κ3) is 3.99. The highest BCUT2D eigenvalue weighted by Crippen LogP contribution is 2.36. The summed E-state index contributed by atoms with van der Waals surface area (Å²) in [6.07, 6.45) is 5.32. The van der Waals surface area contributed by atoms with E-state index < -0.39 is 0 Å². The van der Waals surface area contributed by atoms with Crippen LogP contribution in [0.15, 0.2) is 18.2 Å². The molecule has 0 aliphatic heterocycles. The van der Waals surface area contributed by atoms with Crippen molar-refractivity contribution in [1.29, 1.82) is 5.26 Å². The predicted molar refractivity (Wildman–Crippen MR) is 98.5 cm³/mol. The number of carbonyl (C=O) groups is 1. The summed E-state index contributed by atoms with van der Waals surface area (Å²) in [5.74, 6) is -0.511. The molecular weight excluding hydrogens is 337 g/mol. The van der Waals surface area contributed by atoms with Crippen LogP contribution in [0.4, 0.5) is 15.1 Å². The fraction of sp³-hybridized carbons (Fsp3) is 0.368. The van der Waals surface area contributed by atoms with Gasteiger partial charge in [-0.05, 0) is 61.9 Å². The molecular formula is C19H20FN3OS. The molecule has 0 spiro atoms. The Morgan fingerprint density at radius 3 is 2.88 bits per heavy atom. The van der Waals surface area contributed by atoms with Crippen molar-refractivity contribution in [2.24, 2.45) is 0 Å². The van der Waals surface area contributed by atoms with Crippen molar-refractivity contribution < 1.29 is 9.18 Å². The molecule has 4 nitrogen and oxygen atoms in total. The SMILES string of the molecule is Cc1cc(F)ccc1NCC(=O)Nc1sc2c(c1C#N)CCCCC2. The Kier molecular flexibility index (Phi) is 5.34. The van der Waals surface area contributed by atoms with Gasteiger partial charge in [0.25, 0.3) is 0 Å². The lowest BCUT2D eigenvalue weighted by Crippen LogP contribution is -2.22. The summed E-state index contributed by atoms with van der Waals surface area (Å²) in [4.78, 5) is 13.5. The first-order chi connectivity index (χ1) is 12.1. The molecule has 1 aliphatic carbocycles. The van der Waals surface area contributed by atoms with Gasteiger partial charge in [-0.1, -0.05) is 6.42 Å². The number of amides is 1. The van der Waals surface area contributed by atoms with Crippen LogP contribution in [0.1, 0.15) is 40.8 Å². The minimum Gasteiger partial charge on any atom is -0.376 e. The van der Waals surface area contributed by atoms with Crippen molar-refractivity contribution in [3.05, 3.63) is 45.6 Å². The molecule has 25 heavy (non-hydrogen) atoms. The summed E-state index contributed by atoms with van der Waals surface area (Å²) >= 11 is 1.52. The largest absolute Gasteiger partial charge is 0.376 e. The number of hydrogen-bond donors (Lipinski definition) is 2. The first-order valence-electron chi connectivity index (χ1n) is 8.43. The number of nitriles is 1. The van der Waals surface area contributed by atoms with Gasteiger partial charge < -0.3 is 10.6 Å². The van der Waals surface area contributed by atoms with Gasteiger partial charge in [0.1, 0.15) is 16.9 Å². The quantitative estimate of drug-likeness (QED) is 0.798. The van der Waals surface area contributed by atoms with Crippen molar-refractivity contribution in [3.63, 3.8) is 0 Å². The van der Waals surface area contributed by atoms with E-state index in [0.717, 1.165) is 42.5 Å². The van der Waals surface area contributed by atoms with Crippen LogP contribution < -0.4 is 10.6 Å². The molecule has 2 N–H and O–H groups in total. The molecule has 0 saturated carbocycles. The average molecular weight is 357 g/mol. The number of hydrogen-bond acceptors (Lipinski definition) is 4. The van der Waals surface area contributed by atoms with Gasteiger partial charge in [-0.15, -0.1) is 11.3 Å². The zero-order valence-corrected chi connectivity index (χ0v) is 14.9. The fourth-order valence-electron chi connectivity index (χ4n) is 3.12. The van der Waals surface area contributed by atoms with Gasteiger partial charge in [0.15, 0.2) is 0 Å². The van der Waals surface area contributed by atoms with Crippen molar-refractivity contribution in [1.82, 2.24) is 0 Å². The summed E-state index contributed by atoms with van der Waals surface area (Å²) in [5.41, 5.74) is 3.20. The zero-order chi connectivity index (χ0) is 17.8. The summed E-state index contributed by atoms with van der Waals surface area (Å²) in [5, 5.41) is 16.0. The molecule has 2 aromatic rings. The molecule has 3 rings (SSSR count). The van der Waals surface area contributed by atoms with Gasteiger partial charge in [0, 0.05) is 10.6 Å². The standard InChI is InChI=1S/C19H20FN3OS/c1-12-9-13(20)7-8-16(12)22-11-18(24)23-19-15(10-21)14-5-3-2-4-6-17(14)25-19/h7-9,22H,2-6,11H2,1H3,(H,23,24). The fourth-order valence-corrected chi connectivity index (χ4v) is 4.38. The molecule has 0 bridgehead atoms. The monoisotopic (exact) mass is 357 g/mol. The predicted octanol–water partition coefficient (Wildman–Crippen LogP) is 4.39. The summed E-state index contributed by atoms with van der Waals surface area (Å²) in [6.45, 7) is 1.85. The third-order valence-electron chi connectivity index (χ3n) is 4.41. The van der Waals surface area contributed by atoms with Crippen LogP contribution in [0.2, 0.25) is 0 Å². The van der Waals surface area contributed by atoms with E-state index >= 15 is 0 Å². The van der Waals surface area contributed by atoms with Gasteiger partial charge in [-0.2, -0.15) is 5.26 Å². The second-order valence-corrected chi connectivity index (χ2v) is 7.35. The molecule has 130 valence electrons. The lowest BCUT2D eigenvalue weighted by molar-refractivity contribution is -0.114. The average Bonchev–Trinajstić information content (AvgIpc) is 2.74. The van der Waals surface area contributed by atoms with Crippen molar-refractivity contribution in [3.8, 4) is 6.07 Å². The second-order valence-electron chi connectivity index (χ2n) is 6.24. The Labute approximate surface area is 150 Å². The van der Waals surface area contributed by atoms with Crippen LogP contribution in [0.3, 0.4) is 0 Å². The van der Waals surface area contributed by atoms with Crippen LogP contribution in [0.25, 0.3) is 0 Å². The van der Waals surface area contributed by atoms with Crippen molar-refractivity contribution in [2.45, 2.75) is 39.0 Å². The number of nitrogens with zero attached hydrogens (tertiary/aromatic N) is 1. The van der Waals surface area contributed by atoms with E-state index in [0.29, 0.717) is 10.6 Å². The number of anilines is 2. The third-order valence-corrected chi connectivity index (χ3v) is 5.62. The topological polar surface area (TPSA) is 64.9 Å². The van der Waals surface area contributed by atoms with Crippen molar-refractivity contribution in [2.75, 3.05) is 17.2 Å². The van der Waals surface area contributed by atoms with Gasteiger partial charge in [0.05, 0.1) is 12.1 Å². The maximum atomic E-state index is 13.1. The number of thiophene rings is 1. The zero-order valence-electron chi connectivity index (χ0n) is 14.1. The normalized spacial score (nSPS) is 13.5. The van der Waals surface area contributed by atoms with Crippen molar-refractivity contribution >= 4 is 27.9 Å². The number of nitrogens with one attached hydrogen (secondary N) is 2. The van der Waals surface area contributed by atoms with E-state index in [1.165, 1.54) is 34.8 Å². The van der Waals surface area contributed by atoms with E-state index in [-0.39, 0.29) is 18.3 Å². The van der Waals surface area contributed by atoms with Gasteiger partial charge in [0.2, 0.25) is 5.91 Å². The molecule has 1 heterocycles. The molecule has 0 radical (unpaired) electrons. The van der Waals surface area contributed by atoms with E-state index in [2.05, 4.69) is 16.7 Å². The first kappa shape index (κ1) is 17.4. The number of rotatable bonds is 4. The van der Waals surface area contributed by atoms with E-state index in [4.69, 9.17) is 0 Å². The molecule has 0 unspecified atom stereocenters. The molecule has 0 saturated heterocycles. The lowest BCUT2D eigenvalue weighted by Gasteiger charge is -2.09. The van der Waals surface area contributed by atoms with Crippen LogP contribution >= 0.6 is 11.3 Å². The maximum Gasteiger partial charge on any atom is 0.244 e. The Hall–Kier alpha value is -2.39. The molecule has 6 heteroatoms. The Morgan fingerprint density at radius 1 is 1.32 bits per heavy atom. The van der Waals surface area contributed by atoms with E-state index in [1.54, 1.807) is 13.0 Å². The summed E-state index contributed by atoms with van der Waals surface area (Å²) in [7, 11) is 0. The highest BCUT2D eigenvalue weighted by molar-refractivity contribution is 7.16. The first-order valence-corrected chi connectivity index (χ1v) is 9.24. The van der Waals surface area contributed by atoms with Gasteiger partial charge in [-0.25, -0.2) is 4.39 Å². The van der Waals surface area contributed by atoms with Crippen LogP contribution in [-0.2, 0) is 17.6 Å². The number of carbonyl (C=O) groups excluding carboxylic acids is 1. The minimum atomic E-state index is -0.300. The molecule has 1 amide bonds. The van der Waals surface area contributed by atoms with Crippen LogP contribution in [0, 0.1) is 24.1 Å². The van der Waals surface area contributed by atoms with Gasteiger partial charge in [-0.3, -0.25) is 4.79 Å². The Balaban J connectivity index is 1.68. The molecule has 0 atom stereocenters. The lowest BCUT2D eigenvalue weighted by atomic mass is 10.1. The van der Waals surface area contributed by atoms with E-state index in [9.17, 15) is 14.4 Å². The minimum absolute atomic E-state index is 0.0694. The molecule has 1 aromatic carbocycles.